The number of hydrogen-bond donors (Lipinski definition) is 0. The van der Waals surface area contributed by atoms with Gasteiger partial charge < -0.3 is 9.47 Å². The van der Waals surface area contributed by atoms with Crippen LogP contribution in [0.25, 0.3) is 6.08 Å². The van der Waals surface area contributed by atoms with Crippen LogP contribution in [0.15, 0.2) is 52.8 Å². The summed E-state index contributed by atoms with van der Waals surface area (Å²) in [5.41, 5.74) is 0.467. The van der Waals surface area contributed by atoms with Gasteiger partial charge in [-0.25, -0.2) is 8.42 Å². The number of nitro benzene ring substituents is 1. The van der Waals surface area contributed by atoms with E-state index in [-0.39, 0.29) is 10.6 Å². The van der Waals surface area contributed by atoms with Crippen LogP contribution >= 0.6 is 0 Å². The molecule has 0 saturated heterocycles. The van der Waals surface area contributed by atoms with Gasteiger partial charge in [-0.2, -0.15) is 0 Å². The smallest absolute Gasteiger partial charge is 0.269 e. The van der Waals surface area contributed by atoms with Gasteiger partial charge in [-0.1, -0.05) is 19.4 Å². The number of unbranched alkanes of at least 4 members (excludes halogenated alkanes) is 1. The maximum Gasteiger partial charge on any atom is 0.269 e. The monoisotopic (exact) mass is 391 g/mol. The van der Waals surface area contributed by atoms with Gasteiger partial charge in [-0.15, -0.1) is 0 Å². The second-order valence-electron chi connectivity index (χ2n) is 5.71. The molecule has 0 radical (unpaired) electrons. The molecule has 0 amide bonds. The molecule has 27 heavy (non-hydrogen) atoms. The van der Waals surface area contributed by atoms with Crippen LogP contribution in [0.4, 0.5) is 5.69 Å². The summed E-state index contributed by atoms with van der Waals surface area (Å²) in [5.74, 6) is 1.11. The Morgan fingerprint density at radius 3 is 2.41 bits per heavy atom. The van der Waals surface area contributed by atoms with E-state index in [9.17, 15) is 18.5 Å². The second-order valence-corrected chi connectivity index (χ2v) is 7.54. The van der Waals surface area contributed by atoms with Crippen LogP contribution in [0, 0.1) is 10.1 Å². The molecule has 0 aliphatic heterocycles. The van der Waals surface area contributed by atoms with Gasteiger partial charge in [0, 0.05) is 17.5 Å². The van der Waals surface area contributed by atoms with E-state index in [4.69, 9.17) is 9.47 Å². The zero-order valence-electron chi connectivity index (χ0n) is 15.1. The fourth-order valence-electron chi connectivity index (χ4n) is 2.24. The van der Waals surface area contributed by atoms with Crippen molar-refractivity contribution in [3.8, 4) is 11.5 Å². The molecular weight excluding hydrogens is 370 g/mol. The quantitative estimate of drug-likeness (QED) is 0.361. The van der Waals surface area contributed by atoms with Crippen LogP contribution in [0.1, 0.15) is 25.3 Å². The Morgan fingerprint density at radius 2 is 1.81 bits per heavy atom. The van der Waals surface area contributed by atoms with E-state index in [0.717, 1.165) is 30.4 Å². The van der Waals surface area contributed by atoms with E-state index in [1.807, 2.05) is 0 Å². The fraction of sp³-hybridized carbons (Fsp3) is 0.263. The predicted molar refractivity (Wildman–Crippen MR) is 103 cm³/mol. The maximum atomic E-state index is 12.4. The number of ether oxygens (including phenoxy) is 2. The van der Waals surface area contributed by atoms with Crippen LogP contribution in [-0.4, -0.2) is 27.1 Å². The Bertz CT molecular complexity index is 920. The number of hydrogen-bond acceptors (Lipinski definition) is 6. The van der Waals surface area contributed by atoms with Crippen molar-refractivity contribution >= 4 is 21.6 Å². The molecule has 0 spiro atoms. The summed E-state index contributed by atoms with van der Waals surface area (Å²) in [4.78, 5) is 10.1. The number of methoxy groups -OCH3 is 1. The minimum Gasteiger partial charge on any atom is -0.493 e. The van der Waals surface area contributed by atoms with Crippen LogP contribution in [-0.2, 0) is 9.84 Å². The van der Waals surface area contributed by atoms with Crippen LogP contribution in [0.2, 0.25) is 0 Å². The Morgan fingerprint density at radius 1 is 1.11 bits per heavy atom. The third-order valence-corrected chi connectivity index (χ3v) is 5.18. The summed E-state index contributed by atoms with van der Waals surface area (Å²) in [6.07, 6.45) is 3.34. The van der Waals surface area contributed by atoms with Gasteiger partial charge in [0.05, 0.1) is 23.5 Å². The van der Waals surface area contributed by atoms with Crippen molar-refractivity contribution in [2.45, 2.75) is 24.7 Å². The lowest BCUT2D eigenvalue weighted by molar-refractivity contribution is -0.384. The highest BCUT2D eigenvalue weighted by Crippen LogP contribution is 2.29. The molecule has 8 heteroatoms. The lowest BCUT2D eigenvalue weighted by Gasteiger charge is -2.11. The zero-order valence-corrected chi connectivity index (χ0v) is 15.9. The van der Waals surface area contributed by atoms with Crippen molar-refractivity contribution in [3.05, 3.63) is 63.6 Å². The minimum atomic E-state index is -3.73. The number of rotatable bonds is 9. The molecule has 0 saturated carbocycles. The summed E-state index contributed by atoms with van der Waals surface area (Å²) in [5, 5.41) is 11.7. The van der Waals surface area contributed by atoms with E-state index < -0.39 is 14.8 Å². The van der Waals surface area contributed by atoms with E-state index in [1.54, 1.807) is 18.2 Å². The molecule has 2 aromatic carbocycles. The summed E-state index contributed by atoms with van der Waals surface area (Å²) < 4.78 is 35.7. The molecular formula is C19H21NO6S. The van der Waals surface area contributed by atoms with Crippen LogP contribution in [0.3, 0.4) is 0 Å². The highest BCUT2D eigenvalue weighted by molar-refractivity contribution is 7.94. The molecule has 0 heterocycles. The lowest BCUT2D eigenvalue weighted by Crippen LogP contribution is -1.99. The molecule has 0 N–H and O–H groups in total. The van der Waals surface area contributed by atoms with Gasteiger partial charge in [-0.3, -0.25) is 10.1 Å². The number of benzene rings is 2. The van der Waals surface area contributed by atoms with Gasteiger partial charge in [0.2, 0.25) is 0 Å². The molecule has 0 fully saturated rings. The first kappa shape index (κ1) is 20.4. The summed E-state index contributed by atoms with van der Waals surface area (Å²) in [6, 6.07) is 9.88. The molecule has 0 bridgehead atoms. The van der Waals surface area contributed by atoms with E-state index in [2.05, 4.69) is 6.92 Å². The van der Waals surface area contributed by atoms with E-state index >= 15 is 0 Å². The second kappa shape index (κ2) is 9.18. The number of non-ortho nitro benzene ring substituents is 1. The maximum absolute atomic E-state index is 12.4. The fourth-order valence-corrected chi connectivity index (χ4v) is 3.25. The van der Waals surface area contributed by atoms with Crippen molar-refractivity contribution in [1.29, 1.82) is 0 Å². The van der Waals surface area contributed by atoms with Gasteiger partial charge in [0.25, 0.3) is 5.69 Å². The highest BCUT2D eigenvalue weighted by Gasteiger charge is 2.13. The molecule has 2 rings (SSSR count). The molecule has 2 aromatic rings. The van der Waals surface area contributed by atoms with Gasteiger partial charge >= 0.3 is 0 Å². The van der Waals surface area contributed by atoms with E-state index in [1.165, 1.54) is 25.3 Å². The Hall–Kier alpha value is -2.87. The first-order valence-electron chi connectivity index (χ1n) is 8.36. The Kier molecular flexibility index (Phi) is 6.95. The van der Waals surface area contributed by atoms with Crippen LogP contribution < -0.4 is 9.47 Å². The largest absolute Gasteiger partial charge is 0.493 e. The Balaban J connectivity index is 2.22. The number of nitrogens with zero attached hydrogens (tertiary/aromatic N) is 1. The molecule has 0 unspecified atom stereocenters. The van der Waals surface area contributed by atoms with Crippen molar-refractivity contribution in [2.75, 3.05) is 13.7 Å². The molecule has 0 aromatic heterocycles. The molecule has 0 aliphatic carbocycles. The van der Waals surface area contributed by atoms with E-state index in [0.29, 0.717) is 23.7 Å². The highest BCUT2D eigenvalue weighted by atomic mass is 32.2. The lowest BCUT2D eigenvalue weighted by atomic mass is 10.2. The first-order chi connectivity index (χ1) is 12.9. The minimum absolute atomic E-state index is 0.0164. The standard InChI is InChI=1S/C19H21NO6S/c1-3-4-12-26-19-14-15(5-10-18(19)25-2)11-13-27(23,24)17-8-6-16(7-9-17)20(21)22/h5-11,13-14H,3-4,12H2,1-2H3/b13-11+. The van der Waals surface area contributed by atoms with Crippen molar-refractivity contribution < 1.29 is 22.8 Å². The topological polar surface area (TPSA) is 95.7 Å². The van der Waals surface area contributed by atoms with Gasteiger partial charge in [0.1, 0.15) is 0 Å². The van der Waals surface area contributed by atoms with Gasteiger partial charge in [0.15, 0.2) is 21.3 Å². The summed E-state index contributed by atoms with van der Waals surface area (Å²) in [6.45, 7) is 2.60. The molecule has 0 atom stereocenters. The van der Waals surface area contributed by atoms with Crippen LogP contribution in [0.5, 0.6) is 11.5 Å². The number of nitro groups is 1. The summed E-state index contributed by atoms with van der Waals surface area (Å²) in [7, 11) is -2.19. The molecule has 144 valence electrons. The normalized spacial score (nSPS) is 11.5. The van der Waals surface area contributed by atoms with Crippen molar-refractivity contribution in [3.63, 3.8) is 0 Å². The SMILES string of the molecule is CCCCOc1cc(/C=C/S(=O)(=O)c2ccc([N+](=O)[O-])cc2)ccc1OC. The van der Waals surface area contributed by atoms with Crippen molar-refractivity contribution in [2.24, 2.45) is 0 Å². The average Bonchev–Trinajstić information content (AvgIpc) is 2.67. The molecule has 7 nitrogen and oxygen atoms in total. The predicted octanol–water partition coefficient (Wildman–Crippen LogP) is 4.23. The Labute approximate surface area is 158 Å². The third kappa shape index (κ3) is 5.55. The van der Waals surface area contributed by atoms with Gasteiger partial charge in [-0.05, 0) is 42.3 Å². The summed E-state index contributed by atoms with van der Waals surface area (Å²) >= 11 is 0. The average molecular weight is 391 g/mol. The zero-order chi connectivity index (χ0) is 19.9. The first-order valence-corrected chi connectivity index (χ1v) is 9.90. The molecule has 0 aliphatic rings. The number of sulfone groups is 1. The van der Waals surface area contributed by atoms with Crippen molar-refractivity contribution in [1.82, 2.24) is 0 Å². The third-order valence-electron chi connectivity index (χ3n) is 3.76.